The molecule has 1 aromatic heterocycles. The van der Waals surface area contributed by atoms with Crippen LogP contribution in [0, 0.1) is 0 Å². The van der Waals surface area contributed by atoms with Crippen molar-refractivity contribution >= 4 is 22.0 Å². The van der Waals surface area contributed by atoms with E-state index in [0.29, 0.717) is 5.69 Å². The van der Waals surface area contributed by atoms with E-state index in [1.807, 2.05) is 0 Å². The number of aliphatic hydroxyl groups is 1. The number of halogens is 1. The Bertz CT molecular complexity index is 418. The molecule has 0 saturated carbocycles. The van der Waals surface area contributed by atoms with Crippen LogP contribution < -0.4 is 5.32 Å². The number of rotatable bonds is 3. The molecule has 5 nitrogen and oxygen atoms in total. The largest absolute Gasteiger partial charge is 0.444 e. The Morgan fingerprint density at radius 3 is 2.78 bits per heavy atom. The van der Waals surface area contributed by atoms with Gasteiger partial charge in [-0.1, -0.05) is 0 Å². The number of carbonyl (C=O) groups excluding carboxylic acids is 1. The highest BCUT2D eigenvalue weighted by molar-refractivity contribution is 9.10. The monoisotopic (exact) mass is 316 g/mol. The predicted molar refractivity (Wildman–Crippen MR) is 71.1 cm³/mol. The molecule has 0 radical (unpaired) electrons. The number of hydrogen-bond donors (Lipinski definition) is 2. The molecule has 0 aliphatic heterocycles. The Morgan fingerprint density at radius 2 is 2.28 bits per heavy atom. The highest BCUT2D eigenvalue weighted by Crippen LogP contribution is 2.20. The van der Waals surface area contributed by atoms with Gasteiger partial charge >= 0.3 is 6.09 Å². The molecule has 0 aliphatic rings. The molecular formula is C12H17BrN2O3. The lowest BCUT2D eigenvalue weighted by Gasteiger charge is -2.22. The van der Waals surface area contributed by atoms with Gasteiger partial charge in [-0.05, 0) is 48.8 Å². The number of aromatic nitrogens is 1. The minimum atomic E-state index is -0.601. The van der Waals surface area contributed by atoms with E-state index >= 15 is 0 Å². The number of pyridine rings is 1. The first kappa shape index (κ1) is 14.9. The van der Waals surface area contributed by atoms with Gasteiger partial charge < -0.3 is 15.2 Å². The number of aliphatic hydroxyl groups excluding tert-OH is 1. The fraction of sp³-hybridized carbons (Fsp3) is 0.500. The van der Waals surface area contributed by atoms with E-state index in [4.69, 9.17) is 4.74 Å². The van der Waals surface area contributed by atoms with E-state index in [9.17, 15) is 9.90 Å². The number of ether oxygens (including phenoxy) is 1. The summed E-state index contributed by atoms with van der Waals surface area (Å²) >= 11 is 3.32. The number of amides is 1. The van der Waals surface area contributed by atoms with Crippen LogP contribution >= 0.6 is 15.9 Å². The van der Waals surface area contributed by atoms with Crippen LogP contribution in [0.3, 0.4) is 0 Å². The molecule has 1 aromatic rings. The lowest BCUT2D eigenvalue weighted by atomic mass is 10.2. The van der Waals surface area contributed by atoms with Gasteiger partial charge in [-0.15, -0.1) is 0 Å². The van der Waals surface area contributed by atoms with Crippen LogP contribution in [0.4, 0.5) is 4.79 Å². The van der Waals surface area contributed by atoms with E-state index < -0.39 is 17.7 Å². The van der Waals surface area contributed by atoms with Gasteiger partial charge in [0.2, 0.25) is 0 Å². The molecule has 0 unspecified atom stereocenters. The molecular weight excluding hydrogens is 300 g/mol. The van der Waals surface area contributed by atoms with Crippen molar-refractivity contribution in [3.8, 4) is 0 Å². The SMILES string of the molecule is CC(C)(C)OC(=O)N[C@H](CO)c1ncccc1Br. The van der Waals surface area contributed by atoms with Gasteiger partial charge in [0, 0.05) is 10.7 Å². The predicted octanol–water partition coefficient (Wildman–Crippen LogP) is 2.40. The quantitative estimate of drug-likeness (QED) is 0.898. The van der Waals surface area contributed by atoms with Gasteiger partial charge in [0.05, 0.1) is 18.3 Å². The van der Waals surface area contributed by atoms with E-state index in [1.165, 1.54) is 0 Å². The fourth-order valence-corrected chi connectivity index (χ4v) is 1.84. The van der Waals surface area contributed by atoms with Gasteiger partial charge in [-0.25, -0.2) is 4.79 Å². The van der Waals surface area contributed by atoms with Gasteiger partial charge in [0.25, 0.3) is 0 Å². The Hall–Kier alpha value is -1.14. The fourth-order valence-electron chi connectivity index (χ4n) is 1.30. The third-order valence-electron chi connectivity index (χ3n) is 1.99. The summed E-state index contributed by atoms with van der Waals surface area (Å²) in [4.78, 5) is 15.7. The van der Waals surface area contributed by atoms with Crippen molar-refractivity contribution in [3.05, 3.63) is 28.5 Å². The van der Waals surface area contributed by atoms with Crippen molar-refractivity contribution < 1.29 is 14.6 Å². The third-order valence-corrected chi connectivity index (χ3v) is 2.66. The van der Waals surface area contributed by atoms with Crippen LogP contribution in [0.5, 0.6) is 0 Å². The summed E-state index contributed by atoms with van der Waals surface area (Å²) in [6.07, 6.45) is 1.01. The molecule has 100 valence electrons. The van der Waals surface area contributed by atoms with Crippen molar-refractivity contribution in [2.75, 3.05) is 6.61 Å². The third kappa shape index (κ3) is 4.62. The zero-order chi connectivity index (χ0) is 13.8. The summed E-state index contributed by atoms with van der Waals surface area (Å²) in [6, 6.07) is 2.95. The van der Waals surface area contributed by atoms with Crippen molar-refractivity contribution in [2.24, 2.45) is 0 Å². The number of hydrogen-bond acceptors (Lipinski definition) is 4. The molecule has 0 aliphatic carbocycles. The number of nitrogens with zero attached hydrogens (tertiary/aromatic N) is 1. The Morgan fingerprint density at radius 1 is 1.61 bits per heavy atom. The molecule has 1 amide bonds. The molecule has 1 heterocycles. The topological polar surface area (TPSA) is 71.5 Å². The summed E-state index contributed by atoms with van der Waals surface area (Å²) < 4.78 is 5.85. The molecule has 1 atom stereocenters. The zero-order valence-corrected chi connectivity index (χ0v) is 12.2. The summed E-state index contributed by atoms with van der Waals surface area (Å²) in [5.74, 6) is 0. The van der Waals surface area contributed by atoms with Crippen LogP contribution in [0.1, 0.15) is 32.5 Å². The molecule has 18 heavy (non-hydrogen) atoms. The van der Waals surface area contributed by atoms with Crippen molar-refractivity contribution in [2.45, 2.75) is 32.4 Å². The molecule has 0 bridgehead atoms. The number of nitrogens with one attached hydrogen (secondary N) is 1. The van der Waals surface area contributed by atoms with E-state index in [-0.39, 0.29) is 6.61 Å². The van der Waals surface area contributed by atoms with Gasteiger partial charge in [0.1, 0.15) is 5.60 Å². The summed E-state index contributed by atoms with van der Waals surface area (Å²) in [5, 5.41) is 11.9. The van der Waals surface area contributed by atoms with Crippen LogP contribution in [0.2, 0.25) is 0 Å². The van der Waals surface area contributed by atoms with Crippen LogP contribution in [-0.2, 0) is 4.74 Å². The second-order valence-electron chi connectivity index (χ2n) is 4.75. The highest BCUT2D eigenvalue weighted by Gasteiger charge is 2.21. The smallest absolute Gasteiger partial charge is 0.408 e. The highest BCUT2D eigenvalue weighted by atomic mass is 79.9. The Labute approximate surface area is 115 Å². The average molecular weight is 317 g/mol. The van der Waals surface area contributed by atoms with Crippen LogP contribution in [0.15, 0.2) is 22.8 Å². The summed E-state index contributed by atoms with van der Waals surface area (Å²) in [5.41, 5.74) is -0.0170. The van der Waals surface area contributed by atoms with E-state index in [2.05, 4.69) is 26.2 Å². The molecule has 0 saturated heterocycles. The average Bonchev–Trinajstić information content (AvgIpc) is 2.24. The van der Waals surface area contributed by atoms with Gasteiger partial charge in [0.15, 0.2) is 0 Å². The maximum atomic E-state index is 11.6. The minimum Gasteiger partial charge on any atom is -0.444 e. The van der Waals surface area contributed by atoms with Gasteiger partial charge in [-0.2, -0.15) is 0 Å². The maximum Gasteiger partial charge on any atom is 0.408 e. The van der Waals surface area contributed by atoms with Crippen LogP contribution in [0.25, 0.3) is 0 Å². The van der Waals surface area contributed by atoms with Gasteiger partial charge in [-0.3, -0.25) is 4.98 Å². The van der Waals surface area contributed by atoms with Crippen molar-refractivity contribution in [1.82, 2.24) is 10.3 Å². The molecule has 0 fully saturated rings. The first-order valence-corrected chi connectivity index (χ1v) is 6.33. The molecule has 1 rings (SSSR count). The van der Waals surface area contributed by atoms with E-state index in [1.54, 1.807) is 39.1 Å². The second-order valence-corrected chi connectivity index (χ2v) is 5.61. The van der Waals surface area contributed by atoms with E-state index in [0.717, 1.165) is 4.47 Å². The first-order chi connectivity index (χ1) is 8.33. The minimum absolute atomic E-state index is 0.255. The van der Waals surface area contributed by atoms with Crippen LogP contribution in [-0.4, -0.2) is 28.4 Å². The molecule has 0 spiro atoms. The second kappa shape index (κ2) is 6.15. The molecule has 6 heteroatoms. The zero-order valence-electron chi connectivity index (χ0n) is 10.6. The van der Waals surface area contributed by atoms with Crippen molar-refractivity contribution in [3.63, 3.8) is 0 Å². The standard InChI is InChI=1S/C12H17BrN2O3/c1-12(2,3)18-11(17)15-9(7-16)10-8(13)5-4-6-14-10/h4-6,9,16H,7H2,1-3H3,(H,15,17)/t9-/m1/s1. The first-order valence-electron chi connectivity index (χ1n) is 5.54. The number of carbonyl (C=O) groups is 1. The number of alkyl carbamates (subject to hydrolysis) is 1. The lowest BCUT2D eigenvalue weighted by Crippen LogP contribution is -2.36. The molecule has 2 N–H and O–H groups in total. The summed E-state index contributed by atoms with van der Waals surface area (Å²) in [7, 11) is 0. The normalized spacial score (nSPS) is 12.9. The van der Waals surface area contributed by atoms with Crippen molar-refractivity contribution in [1.29, 1.82) is 0 Å². The Balaban J connectivity index is 2.74. The summed E-state index contributed by atoms with van der Waals surface area (Å²) in [6.45, 7) is 5.07. The lowest BCUT2D eigenvalue weighted by molar-refractivity contribution is 0.0480. The maximum absolute atomic E-state index is 11.6. The Kier molecular flexibility index (Phi) is 5.10. The molecule has 0 aromatic carbocycles.